The highest BCUT2D eigenvalue weighted by Gasteiger charge is 2.31. The molecular weight excluding hydrogens is 402 g/mol. The second-order valence-electron chi connectivity index (χ2n) is 8.09. The number of rotatable bonds is 4. The van der Waals surface area contributed by atoms with Gasteiger partial charge in [0.2, 0.25) is 0 Å². The fourth-order valence-electron chi connectivity index (χ4n) is 4.42. The van der Waals surface area contributed by atoms with Crippen molar-refractivity contribution in [2.45, 2.75) is 31.7 Å². The lowest BCUT2D eigenvalue weighted by Crippen LogP contribution is -2.35. The van der Waals surface area contributed by atoms with Gasteiger partial charge in [-0.3, -0.25) is 9.78 Å². The molecule has 0 radical (unpaired) electrons. The third-order valence-corrected chi connectivity index (χ3v) is 6.13. The second kappa shape index (κ2) is 8.83. The summed E-state index contributed by atoms with van der Waals surface area (Å²) in [6.45, 7) is 0.680. The minimum Gasteiger partial charge on any atom is -0.497 e. The minimum atomic E-state index is -0.137. The standard InChI is InChI=1S/C26H25N3O3/c1-31-20-12-10-19(11-13-20)24-17-22(28-32-24)23-9-3-2-6-16-29(23)26(30)25-21-8-5-4-7-18(21)14-15-27-25/h4-5,7-8,10-15,17,23H,2-3,6,9,16H2,1H3. The van der Waals surface area contributed by atoms with Crippen molar-refractivity contribution in [3.05, 3.63) is 78.2 Å². The van der Waals surface area contributed by atoms with Crippen molar-refractivity contribution in [3.8, 4) is 17.1 Å². The quantitative estimate of drug-likeness (QED) is 0.421. The average Bonchev–Trinajstić information content (AvgIpc) is 3.21. The lowest BCUT2D eigenvalue weighted by molar-refractivity contribution is 0.0670. The number of aromatic nitrogens is 2. The number of ether oxygens (including phenoxy) is 1. The fourth-order valence-corrected chi connectivity index (χ4v) is 4.42. The molecular formula is C26H25N3O3. The maximum atomic E-state index is 13.7. The van der Waals surface area contributed by atoms with Crippen LogP contribution in [0.25, 0.3) is 22.1 Å². The van der Waals surface area contributed by atoms with Gasteiger partial charge in [-0.1, -0.05) is 42.3 Å². The molecule has 2 aromatic carbocycles. The highest BCUT2D eigenvalue weighted by atomic mass is 16.5. The smallest absolute Gasteiger partial charge is 0.273 e. The van der Waals surface area contributed by atoms with Crippen molar-refractivity contribution in [2.75, 3.05) is 13.7 Å². The molecule has 0 aliphatic carbocycles. The Balaban J connectivity index is 1.48. The number of pyridine rings is 1. The first-order chi connectivity index (χ1) is 15.7. The van der Waals surface area contributed by atoms with Crippen LogP contribution in [-0.2, 0) is 0 Å². The van der Waals surface area contributed by atoms with Gasteiger partial charge in [0, 0.05) is 29.8 Å². The Morgan fingerprint density at radius 3 is 2.75 bits per heavy atom. The molecule has 32 heavy (non-hydrogen) atoms. The molecule has 5 rings (SSSR count). The highest BCUT2D eigenvalue weighted by molar-refractivity contribution is 6.05. The van der Waals surface area contributed by atoms with Crippen molar-refractivity contribution in [1.29, 1.82) is 0 Å². The van der Waals surface area contributed by atoms with E-state index in [9.17, 15) is 4.79 Å². The topological polar surface area (TPSA) is 68.5 Å². The summed E-state index contributed by atoms with van der Waals surface area (Å²) in [5.41, 5.74) is 2.20. The van der Waals surface area contributed by atoms with E-state index in [-0.39, 0.29) is 11.9 Å². The molecule has 0 bridgehead atoms. The molecule has 0 N–H and O–H groups in total. The van der Waals surface area contributed by atoms with Crippen LogP contribution in [0, 0.1) is 0 Å². The molecule has 6 heteroatoms. The lowest BCUT2D eigenvalue weighted by Gasteiger charge is -2.28. The number of hydrogen-bond acceptors (Lipinski definition) is 5. The van der Waals surface area contributed by atoms with Crippen molar-refractivity contribution in [1.82, 2.24) is 15.0 Å². The van der Waals surface area contributed by atoms with Crippen LogP contribution in [0.15, 0.2) is 71.4 Å². The van der Waals surface area contributed by atoms with E-state index < -0.39 is 0 Å². The first-order valence-electron chi connectivity index (χ1n) is 11.0. The molecule has 1 atom stereocenters. The van der Waals surface area contributed by atoms with E-state index in [2.05, 4.69) is 10.1 Å². The van der Waals surface area contributed by atoms with Gasteiger partial charge in [-0.15, -0.1) is 0 Å². The summed E-state index contributed by atoms with van der Waals surface area (Å²) in [7, 11) is 1.64. The van der Waals surface area contributed by atoms with Gasteiger partial charge in [0.1, 0.15) is 17.1 Å². The number of fused-ring (bicyclic) bond motifs is 1. The van der Waals surface area contributed by atoms with Gasteiger partial charge in [-0.05, 0) is 48.6 Å². The first-order valence-corrected chi connectivity index (χ1v) is 11.0. The van der Waals surface area contributed by atoms with Crippen molar-refractivity contribution < 1.29 is 14.1 Å². The normalized spacial score (nSPS) is 16.7. The summed E-state index contributed by atoms with van der Waals surface area (Å²) >= 11 is 0. The van der Waals surface area contributed by atoms with E-state index in [1.165, 1.54) is 0 Å². The van der Waals surface area contributed by atoms with Crippen LogP contribution in [0.1, 0.15) is 47.9 Å². The molecule has 1 fully saturated rings. The van der Waals surface area contributed by atoms with Crippen LogP contribution in [-0.4, -0.2) is 34.6 Å². The Bertz CT molecular complexity index is 1230. The zero-order valence-corrected chi connectivity index (χ0v) is 18.0. The molecule has 6 nitrogen and oxygen atoms in total. The van der Waals surface area contributed by atoms with Crippen molar-refractivity contribution >= 4 is 16.7 Å². The molecule has 162 valence electrons. The van der Waals surface area contributed by atoms with Gasteiger partial charge in [0.05, 0.1) is 13.2 Å². The number of carbonyl (C=O) groups is 1. The number of carbonyl (C=O) groups excluding carboxylic acids is 1. The third-order valence-electron chi connectivity index (χ3n) is 6.13. The zero-order valence-electron chi connectivity index (χ0n) is 18.0. The van der Waals surface area contributed by atoms with E-state index in [4.69, 9.17) is 9.26 Å². The second-order valence-corrected chi connectivity index (χ2v) is 8.09. The summed E-state index contributed by atoms with van der Waals surface area (Å²) in [5.74, 6) is 1.42. The van der Waals surface area contributed by atoms with Crippen LogP contribution in [0.3, 0.4) is 0 Å². The molecule has 2 aromatic heterocycles. The van der Waals surface area contributed by atoms with Gasteiger partial charge < -0.3 is 14.2 Å². The van der Waals surface area contributed by atoms with Crippen LogP contribution < -0.4 is 4.74 Å². The van der Waals surface area contributed by atoms with Gasteiger partial charge in [-0.25, -0.2) is 0 Å². The molecule has 1 aliphatic heterocycles. The minimum absolute atomic E-state index is 0.0531. The third kappa shape index (κ3) is 3.84. The molecule has 0 saturated carbocycles. The molecule has 1 unspecified atom stereocenters. The fraction of sp³-hybridized carbons (Fsp3) is 0.269. The highest BCUT2D eigenvalue weighted by Crippen LogP contribution is 2.34. The van der Waals surface area contributed by atoms with Crippen LogP contribution in [0.5, 0.6) is 5.75 Å². The molecule has 4 aromatic rings. The van der Waals surface area contributed by atoms with Gasteiger partial charge in [0.15, 0.2) is 5.76 Å². The number of methoxy groups -OCH3 is 1. The summed E-state index contributed by atoms with van der Waals surface area (Å²) in [4.78, 5) is 20.1. The molecule has 0 spiro atoms. The number of likely N-dealkylation sites (tertiary alicyclic amines) is 1. The average molecular weight is 428 g/mol. The Kier molecular flexibility index (Phi) is 5.58. The Labute approximate surface area is 186 Å². The molecule has 1 amide bonds. The summed E-state index contributed by atoms with van der Waals surface area (Å²) in [6, 6.07) is 19.3. The summed E-state index contributed by atoms with van der Waals surface area (Å²) in [6.07, 6.45) is 5.66. The summed E-state index contributed by atoms with van der Waals surface area (Å²) < 4.78 is 10.9. The van der Waals surface area contributed by atoms with Crippen LogP contribution in [0.4, 0.5) is 0 Å². The van der Waals surface area contributed by atoms with Gasteiger partial charge in [-0.2, -0.15) is 0 Å². The zero-order chi connectivity index (χ0) is 21.9. The number of nitrogens with zero attached hydrogens (tertiary/aromatic N) is 3. The van der Waals surface area contributed by atoms with E-state index >= 15 is 0 Å². The Morgan fingerprint density at radius 1 is 1.06 bits per heavy atom. The molecule has 1 aliphatic rings. The molecule has 3 heterocycles. The van der Waals surface area contributed by atoms with Crippen molar-refractivity contribution in [2.24, 2.45) is 0 Å². The Hall–Kier alpha value is -3.67. The van der Waals surface area contributed by atoms with Gasteiger partial charge in [0.25, 0.3) is 5.91 Å². The maximum absolute atomic E-state index is 13.7. The van der Waals surface area contributed by atoms with Crippen molar-refractivity contribution in [3.63, 3.8) is 0 Å². The SMILES string of the molecule is COc1ccc(-c2cc(C3CCCCCN3C(=O)c3nccc4ccccc34)no2)cc1. The molecule has 1 saturated heterocycles. The largest absolute Gasteiger partial charge is 0.497 e. The van der Waals surface area contributed by atoms with E-state index in [1.54, 1.807) is 13.3 Å². The first kappa shape index (κ1) is 20.2. The van der Waals surface area contributed by atoms with Crippen LogP contribution in [0.2, 0.25) is 0 Å². The monoisotopic (exact) mass is 427 g/mol. The predicted molar refractivity (Wildman–Crippen MR) is 122 cm³/mol. The van der Waals surface area contributed by atoms with Crippen LogP contribution >= 0.6 is 0 Å². The number of hydrogen-bond donors (Lipinski definition) is 0. The van der Waals surface area contributed by atoms with E-state index in [1.807, 2.05) is 65.6 Å². The van der Waals surface area contributed by atoms with E-state index in [0.29, 0.717) is 18.0 Å². The maximum Gasteiger partial charge on any atom is 0.273 e. The predicted octanol–water partition coefficient (Wildman–Crippen LogP) is 5.66. The Morgan fingerprint density at radius 2 is 1.91 bits per heavy atom. The lowest BCUT2D eigenvalue weighted by atomic mass is 10.0. The number of amides is 1. The van der Waals surface area contributed by atoms with E-state index in [0.717, 1.165) is 53.5 Å². The van der Waals surface area contributed by atoms with Gasteiger partial charge >= 0.3 is 0 Å². The number of benzene rings is 2. The summed E-state index contributed by atoms with van der Waals surface area (Å²) in [5, 5.41) is 6.26.